The highest BCUT2D eigenvalue weighted by molar-refractivity contribution is 5.92. The zero-order valence-electron chi connectivity index (χ0n) is 10.7. The van der Waals surface area contributed by atoms with Crippen LogP contribution in [0.4, 0.5) is 5.82 Å². The molecule has 0 aliphatic rings. The summed E-state index contributed by atoms with van der Waals surface area (Å²) in [5.74, 6) is 0.437. The van der Waals surface area contributed by atoms with E-state index in [1.807, 2.05) is 6.92 Å². The van der Waals surface area contributed by atoms with Crippen molar-refractivity contribution in [2.75, 3.05) is 18.4 Å². The van der Waals surface area contributed by atoms with Gasteiger partial charge >= 0.3 is 0 Å². The summed E-state index contributed by atoms with van der Waals surface area (Å²) in [6.45, 7) is 3.15. The van der Waals surface area contributed by atoms with Crippen LogP contribution in [0.2, 0.25) is 0 Å². The van der Waals surface area contributed by atoms with Crippen molar-refractivity contribution < 1.29 is 4.79 Å². The number of anilines is 1. The van der Waals surface area contributed by atoms with E-state index in [0.29, 0.717) is 18.1 Å². The van der Waals surface area contributed by atoms with Crippen molar-refractivity contribution in [3.63, 3.8) is 0 Å². The van der Waals surface area contributed by atoms with Gasteiger partial charge in [0.05, 0.1) is 6.33 Å². The van der Waals surface area contributed by atoms with Crippen molar-refractivity contribution in [2.24, 2.45) is 0 Å². The summed E-state index contributed by atoms with van der Waals surface area (Å²) in [7, 11) is 0. The number of carbonyl (C=O) groups excluding carboxylic acids is 1. The molecule has 0 unspecified atom stereocenters. The number of aromatic amines is 1. The van der Waals surface area contributed by atoms with Gasteiger partial charge in [0.15, 0.2) is 5.69 Å². The fourth-order valence-corrected chi connectivity index (χ4v) is 1.55. The van der Waals surface area contributed by atoms with Gasteiger partial charge in [-0.1, -0.05) is 0 Å². The minimum absolute atomic E-state index is 0.209. The first-order chi connectivity index (χ1) is 9.29. The third-order valence-corrected chi connectivity index (χ3v) is 2.49. The first kappa shape index (κ1) is 13.0. The van der Waals surface area contributed by atoms with E-state index in [2.05, 4.69) is 30.8 Å². The molecule has 0 bridgehead atoms. The second-order valence-corrected chi connectivity index (χ2v) is 3.92. The first-order valence-corrected chi connectivity index (χ1v) is 6.12. The van der Waals surface area contributed by atoms with Crippen molar-refractivity contribution in [2.45, 2.75) is 13.3 Å². The maximum absolute atomic E-state index is 11.5. The molecule has 7 heteroatoms. The number of carbonyl (C=O) groups is 1. The minimum Gasteiger partial charge on any atom is -0.368 e. The van der Waals surface area contributed by atoms with E-state index in [1.165, 1.54) is 0 Å². The van der Waals surface area contributed by atoms with Gasteiger partial charge in [0, 0.05) is 31.4 Å². The Kier molecular flexibility index (Phi) is 4.44. The van der Waals surface area contributed by atoms with Crippen LogP contribution in [0.5, 0.6) is 0 Å². The van der Waals surface area contributed by atoms with Gasteiger partial charge in [-0.15, -0.1) is 10.2 Å². The standard InChI is InChI=1S/C12H16N6O/c1-2-14-12(19)10-3-4-11(18-17-10)15-6-5-9-7-13-8-16-9/h3-4,7-8H,2,5-6H2,1H3,(H,13,16)(H,14,19)(H,15,18). The lowest BCUT2D eigenvalue weighted by Gasteiger charge is -2.04. The monoisotopic (exact) mass is 260 g/mol. The van der Waals surface area contributed by atoms with Crippen LogP contribution in [-0.2, 0) is 6.42 Å². The lowest BCUT2D eigenvalue weighted by Crippen LogP contribution is -2.24. The molecule has 2 heterocycles. The number of aromatic nitrogens is 4. The fourth-order valence-electron chi connectivity index (χ4n) is 1.55. The number of amides is 1. The van der Waals surface area contributed by atoms with Gasteiger partial charge in [0.25, 0.3) is 5.91 Å². The van der Waals surface area contributed by atoms with Gasteiger partial charge in [-0.3, -0.25) is 4.79 Å². The number of imidazole rings is 1. The average molecular weight is 260 g/mol. The predicted octanol–water partition coefficient (Wildman–Crippen LogP) is 0.604. The number of nitrogens with one attached hydrogen (secondary N) is 3. The largest absolute Gasteiger partial charge is 0.368 e. The van der Waals surface area contributed by atoms with Gasteiger partial charge in [-0.2, -0.15) is 0 Å². The third-order valence-electron chi connectivity index (χ3n) is 2.49. The molecule has 19 heavy (non-hydrogen) atoms. The van der Waals surface area contributed by atoms with Crippen molar-refractivity contribution in [1.82, 2.24) is 25.5 Å². The Morgan fingerprint density at radius 1 is 1.37 bits per heavy atom. The highest BCUT2D eigenvalue weighted by Gasteiger charge is 2.06. The van der Waals surface area contributed by atoms with Gasteiger partial charge in [-0.25, -0.2) is 4.98 Å². The van der Waals surface area contributed by atoms with E-state index in [1.54, 1.807) is 24.7 Å². The number of nitrogens with zero attached hydrogens (tertiary/aromatic N) is 3. The molecule has 0 radical (unpaired) electrons. The zero-order valence-corrected chi connectivity index (χ0v) is 10.7. The van der Waals surface area contributed by atoms with Gasteiger partial charge in [0.1, 0.15) is 5.82 Å². The average Bonchev–Trinajstić information content (AvgIpc) is 2.93. The second-order valence-electron chi connectivity index (χ2n) is 3.92. The summed E-state index contributed by atoms with van der Waals surface area (Å²) < 4.78 is 0. The van der Waals surface area contributed by atoms with Crippen LogP contribution in [0, 0.1) is 0 Å². The molecule has 0 aliphatic carbocycles. The molecule has 3 N–H and O–H groups in total. The quantitative estimate of drug-likeness (QED) is 0.707. The predicted molar refractivity (Wildman–Crippen MR) is 70.8 cm³/mol. The van der Waals surface area contributed by atoms with Crippen molar-refractivity contribution in [1.29, 1.82) is 0 Å². The van der Waals surface area contributed by atoms with E-state index in [9.17, 15) is 4.79 Å². The number of hydrogen-bond acceptors (Lipinski definition) is 5. The minimum atomic E-state index is -0.209. The summed E-state index contributed by atoms with van der Waals surface area (Å²) in [6, 6.07) is 3.39. The maximum atomic E-state index is 11.5. The molecule has 0 atom stereocenters. The molecule has 2 aromatic rings. The van der Waals surface area contributed by atoms with E-state index < -0.39 is 0 Å². The third kappa shape index (κ3) is 3.77. The first-order valence-electron chi connectivity index (χ1n) is 6.12. The van der Waals surface area contributed by atoms with Crippen LogP contribution < -0.4 is 10.6 Å². The molecule has 2 aromatic heterocycles. The normalized spacial score (nSPS) is 10.2. The Hall–Kier alpha value is -2.44. The Morgan fingerprint density at radius 2 is 2.26 bits per heavy atom. The Labute approximate surface area is 110 Å². The molecular formula is C12H16N6O. The molecule has 0 aliphatic heterocycles. The van der Waals surface area contributed by atoms with Crippen LogP contribution in [0.15, 0.2) is 24.7 Å². The topological polar surface area (TPSA) is 95.6 Å². The summed E-state index contributed by atoms with van der Waals surface area (Å²) in [6.07, 6.45) is 4.25. The Bertz CT molecular complexity index is 508. The summed E-state index contributed by atoms with van der Waals surface area (Å²) in [4.78, 5) is 18.4. The van der Waals surface area contributed by atoms with Crippen LogP contribution in [-0.4, -0.2) is 39.2 Å². The van der Waals surface area contributed by atoms with Crippen LogP contribution in [0.25, 0.3) is 0 Å². The van der Waals surface area contributed by atoms with Gasteiger partial charge < -0.3 is 15.6 Å². The van der Waals surface area contributed by atoms with E-state index in [0.717, 1.165) is 18.7 Å². The lowest BCUT2D eigenvalue weighted by molar-refractivity contribution is 0.0950. The summed E-state index contributed by atoms with van der Waals surface area (Å²) in [5, 5.41) is 13.6. The number of H-pyrrole nitrogens is 1. The molecular weight excluding hydrogens is 244 g/mol. The highest BCUT2D eigenvalue weighted by Crippen LogP contribution is 2.02. The number of rotatable bonds is 6. The maximum Gasteiger partial charge on any atom is 0.271 e. The fraction of sp³-hybridized carbons (Fsp3) is 0.333. The van der Waals surface area contributed by atoms with Crippen LogP contribution in [0.1, 0.15) is 23.1 Å². The van der Waals surface area contributed by atoms with Gasteiger partial charge in [-0.05, 0) is 19.1 Å². The number of hydrogen-bond donors (Lipinski definition) is 3. The molecule has 1 amide bonds. The summed E-state index contributed by atoms with van der Waals surface area (Å²) >= 11 is 0. The van der Waals surface area contributed by atoms with Crippen LogP contribution >= 0.6 is 0 Å². The lowest BCUT2D eigenvalue weighted by atomic mass is 10.3. The van der Waals surface area contributed by atoms with Crippen molar-refractivity contribution in [3.8, 4) is 0 Å². The summed E-state index contributed by atoms with van der Waals surface area (Å²) in [5.41, 5.74) is 1.38. The molecule has 0 saturated heterocycles. The Balaban J connectivity index is 1.83. The SMILES string of the molecule is CCNC(=O)c1ccc(NCCc2cnc[nH]2)nn1. The molecule has 0 fully saturated rings. The van der Waals surface area contributed by atoms with Crippen LogP contribution in [0.3, 0.4) is 0 Å². The van der Waals surface area contributed by atoms with E-state index in [-0.39, 0.29) is 5.91 Å². The van der Waals surface area contributed by atoms with Gasteiger partial charge in [0.2, 0.25) is 0 Å². The van der Waals surface area contributed by atoms with Crippen molar-refractivity contribution in [3.05, 3.63) is 36.0 Å². The molecule has 0 aromatic carbocycles. The Morgan fingerprint density at radius 3 is 2.89 bits per heavy atom. The van der Waals surface area contributed by atoms with E-state index in [4.69, 9.17) is 0 Å². The molecule has 0 saturated carbocycles. The van der Waals surface area contributed by atoms with Crippen molar-refractivity contribution >= 4 is 11.7 Å². The molecule has 7 nitrogen and oxygen atoms in total. The highest BCUT2D eigenvalue weighted by atomic mass is 16.1. The molecule has 100 valence electrons. The second kappa shape index (κ2) is 6.48. The smallest absolute Gasteiger partial charge is 0.271 e. The zero-order chi connectivity index (χ0) is 13.5. The molecule has 2 rings (SSSR count). The molecule has 0 spiro atoms. The van der Waals surface area contributed by atoms with E-state index >= 15 is 0 Å².